The zero-order valence-electron chi connectivity index (χ0n) is 8.75. The Morgan fingerprint density at radius 2 is 2.20 bits per heavy atom. The SMILES string of the molecule is COc1cc2c(CN)cn(C)c2cc1Cl. The van der Waals surface area contributed by atoms with Crippen LogP contribution in [-0.2, 0) is 13.6 Å². The average Bonchev–Trinajstić information content (AvgIpc) is 2.54. The van der Waals surface area contributed by atoms with Gasteiger partial charge in [0.15, 0.2) is 0 Å². The molecular formula is C11H13ClN2O. The topological polar surface area (TPSA) is 40.2 Å². The number of rotatable bonds is 2. The normalized spacial score (nSPS) is 10.9. The van der Waals surface area contributed by atoms with E-state index in [4.69, 9.17) is 22.1 Å². The minimum Gasteiger partial charge on any atom is -0.495 e. The number of halogens is 1. The summed E-state index contributed by atoms with van der Waals surface area (Å²) in [7, 11) is 3.59. The minimum atomic E-state index is 0.516. The number of nitrogens with zero attached hydrogens (tertiary/aromatic N) is 1. The summed E-state index contributed by atoms with van der Waals surface area (Å²) in [5.74, 6) is 0.685. The van der Waals surface area contributed by atoms with Crippen molar-refractivity contribution in [2.75, 3.05) is 7.11 Å². The first kappa shape index (κ1) is 10.3. The smallest absolute Gasteiger partial charge is 0.138 e. The molecule has 0 amide bonds. The third-order valence-electron chi connectivity index (χ3n) is 2.57. The van der Waals surface area contributed by atoms with Crippen molar-refractivity contribution in [1.29, 1.82) is 0 Å². The Morgan fingerprint density at radius 1 is 1.47 bits per heavy atom. The molecule has 3 nitrogen and oxygen atoms in total. The Morgan fingerprint density at radius 3 is 2.80 bits per heavy atom. The van der Waals surface area contributed by atoms with Gasteiger partial charge in [-0.05, 0) is 17.7 Å². The van der Waals surface area contributed by atoms with E-state index >= 15 is 0 Å². The zero-order chi connectivity index (χ0) is 11.0. The lowest BCUT2D eigenvalue weighted by Crippen LogP contribution is -1.94. The highest BCUT2D eigenvalue weighted by molar-refractivity contribution is 6.32. The fraction of sp³-hybridized carbons (Fsp3) is 0.273. The molecule has 80 valence electrons. The molecule has 2 aromatic rings. The number of methoxy groups -OCH3 is 1. The Kier molecular flexibility index (Phi) is 2.59. The molecule has 0 fully saturated rings. The molecule has 1 heterocycles. The largest absolute Gasteiger partial charge is 0.495 e. The first-order chi connectivity index (χ1) is 7.17. The number of aromatic nitrogens is 1. The van der Waals surface area contributed by atoms with Crippen LogP contribution in [0.15, 0.2) is 18.3 Å². The molecule has 0 saturated heterocycles. The van der Waals surface area contributed by atoms with Gasteiger partial charge in [-0.3, -0.25) is 0 Å². The van der Waals surface area contributed by atoms with Gasteiger partial charge in [-0.2, -0.15) is 0 Å². The second-order valence-corrected chi connectivity index (χ2v) is 3.88. The molecule has 15 heavy (non-hydrogen) atoms. The van der Waals surface area contributed by atoms with Gasteiger partial charge in [0.1, 0.15) is 5.75 Å². The van der Waals surface area contributed by atoms with Gasteiger partial charge in [0.2, 0.25) is 0 Å². The van der Waals surface area contributed by atoms with Gasteiger partial charge in [-0.25, -0.2) is 0 Å². The maximum atomic E-state index is 6.06. The average molecular weight is 225 g/mol. The molecule has 1 aromatic carbocycles. The van der Waals surface area contributed by atoms with E-state index in [9.17, 15) is 0 Å². The molecular weight excluding hydrogens is 212 g/mol. The second kappa shape index (κ2) is 3.76. The van der Waals surface area contributed by atoms with Crippen LogP contribution >= 0.6 is 11.6 Å². The summed E-state index contributed by atoms with van der Waals surface area (Å²) in [5.41, 5.74) is 7.84. The van der Waals surface area contributed by atoms with Crippen LogP contribution in [0.4, 0.5) is 0 Å². The van der Waals surface area contributed by atoms with Crippen LogP contribution in [0.3, 0.4) is 0 Å². The summed E-state index contributed by atoms with van der Waals surface area (Å²) in [5, 5.41) is 1.72. The lowest BCUT2D eigenvalue weighted by Gasteiger charge is -2.04. The highest BCUT2D eigenvalue weighted by Crippen LogP contribution is 2.32. The van der Waals surface area contributed by atoms with E-state index in [2.05, 4.69) is 0 Å². The first-order valence-corrected chi connectivity index (χ1v) is 5.06. The van der Waals surface area contributed by atoms with Crippen molar-refractivity contribution in [2.45, 2.75) is 6.54 Å². The number of hydrogen-bond donors (Lipinski definition) is 1. The number of fused-ring (bicyclic) bond motifs is 1. The molecule has 2 rings (SSSR count). The lowest BCUT2D eigenvalue weighted by molar-refractivity contribution is 0.415. The van der Waals surface area contributed by atoms with Crippen LogP contribution in [0, 0.1) is 0 Å². The molecule has 0 radical (unpaired) electrons. The Labute approximate surface area is 93.4 Å². The number of aryl methyl sites for hydroxylation is 1. The fourth-order valence-electron chi connectivity index (χ4n) is 1.78. The van der Waals surface area contributed by atoms with Crippen LogP contribution in [0.25, 0.3) is 10.9 Å². The lowest BCUT2D eigenvalue weighted by atomic mass is 10.1. The van der Waals surface area contributed by atoms with Crippen molar-refractivity contribution in [1.82, 2.24) is 4.57 Å². The number of benzene rings is 1. The summed E-state index contributed by atoms with van der Waals surface area (Å²) in [6, 6.07) is 3.83. The highest BCUT2D eigenvalue weighted by Gasteiger charge is 2.09. The van der Waals surface area contributed by atoms with Crippen molar-refractivity contribution in [3.8, 4) is 5.75 Å². The molecule has 0 unspecified atom stereocenters. The van der Waals surface area contributed by atoms with Gasteiger partial charge in [0.05, 0.1) is 12.1 Å². The van der Waals surface area contributed by atoms with Crippen molar-refractivity contribution < 1.29 is 4.74 Å². The Hall–Kier alpha value is -1.19. The summed E-state index contributed by atoms with van der Waals surface area (Å²) in [6.45, 7) is 0.516. The maximum Gasteiger partial charge on any atom is 0.138 e. The zero-order valence-corrected chi connectivity index (χ0v) is 9.51. The van der Waals surface area contributed by atoms with Crippen LogP contribution < -0.4 is 10.5 Å². The molecule has 4 heteroatoms. The van der Waals surface area contributed by atoms with Crippen molar-refractivity contribution in [3.63, 3.8) is 0 Å². The number of nitrogens with two attached hydrogens (primary N) is 1. The van der Waals surface area contributed by atoms with Crippen molar-refractivity contribution in [3.05, 3.63) is 28.9 Å². The van der Waals surface area contributed by atoms with Crippen LogP contribution in [0.1, 0.15) is 5.56 Å². The van der Waals surface area contributed by atoms with Gasteiger partial charge in [0.25, 0.3) is 0 Å². The third-order valence-corrected chi connectivity index (χ3v) is 2.86. The van der Waals surface area contributed by atoms with E-state index < -0.39 is 0 Å². The fourth-order valence-corrected chi connectivity index (χ4v) is 2.02. The quantitative estimate of drug-likeness (QED) is 0.851. The summed E-state index contributed by atoms with van der Waals surface area (Å²) >= 11 is 6.06. The van der Waals surface area contributed by atoms with Gasteiger partial charge < -0.3 is 15.0 Å². The van der Waals surface area contributed by atoms with Crippen molar-refractivity contribution in [2.24, 2.45) is 12.8 Å². The van der Waals surface area contributed by atoms with Gasteiger partial charge in [-0.15, -0.1) is 0 Å². The van der Waals surface area contributed by atoms with E-state index in [1.165, 1.54) is 0 Å². The molecule has 0 aliphatic heterocycles. The monoisotopic (exact) mass is 224 g/mol. The number of ether oxygens (including phenoxy) is 1. The van der Waals surface area contributed by atoms with E-state index in [0.29, 0.717) is 17.3 Å². The minimum absolute atomic E-state index is 0.516. The summed E-state index contributed by atoms with van der Waals surface area (Å²) in [4.78, 5) is 0. The van der Waals surface area contributed by atoms with E-state index in [-0.39, 0.29) is 0 Å². The van der Waals surface area contributed by atoms with Gasteiger partial charge in [0, 0.05) is 30.7 Å². The molecule has 0 aliphatic rings. The van der Waals surface area contributed by atoms with Gasteiger partial charge in [-0.1, -0.05) is 11.6 Å². The molecule has 0 atom stereocenters. The standard InChI is InChI=1S/C11H13ClN2O/c1-14-6-7(5-13)8-3-11(15-2)9(12)4-10(8)14/h3-4,6H,5,13H2,1-2H3. The maximum absolute atomic E-state index is 6.06. The van der Waals surface area contributed by atoms with E-state index in [0.717, 1.165) is 16.5 Å². The first-order valence-electron chi connectivity index (χ1n) is 4.69. The molecule has 0 saturated carbocycles. The Bertz CT molecular complexity index is 505. The molecule has 0 spiro atoms. The molecule has 2 N–H and O–H groups in total. The predicted molar refractivity (Wildman–Crippen MR) is 62.4 cm³/mol. The number of hydrogen-bond acceptors (Lipinski definition) is 2. The van der Waals surface area contributed by atoms with Crippen molar-refractivity contribution >= 4 is 22.5 Å². The molecule has 0 aliphatic carbocycles. The van der Waals surface area contributed by atoms with Crippen LogP contribution in [0.2, 0.25) is 5.02 Å². The Balaban J connectivity index is 2.77. The second-order valence-electron chi connectivity index (χ2n) is 3.47. The van der Waals surface area contributed by atoms with Crippen LogP contribution in [0.5, 0.6) is 5.75 Å². The van der Waals surface area contributed by atoms with Gasteiger partial charge >= 0.3 is 0 Å². The van der Waals surface area contributed by atoms with E-state index in [1.54, 1.807) is 7.11 Å². The van der Waals surface area contributed by atoms with Crippen LogP contribution in [-0.4, -0.2) is 11.7 Å². The summed E-state index contributed by atoms with van der Waals surface area (Å²) < 4.78 is 7.20. The summed E-state index contributed by atoms with van der Waals surface area (Å²) in [6.07, 6.45) is 2.01. The third kappa shape index (κ3) is 1.58. The molecule has 0 bridgehead atoms. The highest BCUT2D eigenvalue weighted by atomic mass is 35.5. The van der Waals surface area contributed by atoms with E-state index in [1.807, 2.05) is 29.9 Å². The predicted octanol–water partition coefficient (Wildman–Crippen LogP) is 2.30. The molecule has 1 aromatic heterocycles.